The second-order valence-corrected chi connectivity index (χ2v) is 8.37. The predicted molar refractivity (Wildman–Crippen MR) is 97.1 cm³/mol. The Morgan fingerprint density at radius 1 is 1.16 bits per heavy atom. The fourth-order valence-corrected chi connectivity index (χ4v) is 4.39. The van der Waals surface area contributed by atoms with Crippen LogP contribution in [0.25, 0.3) is 0 Å². The van der Waals surface area contributed by atoms with E-state index >= 15 is 0 Å². The van der Waals surface area contributed by atoms with Gasteiger partial charge in [-0.3, -0.25) is 4.79 Å². The minimum absolute atomic E-state index is 0.0733. The van der Waals surface area contributed by atoms with Gasteiger partial charge in [0.05, 0.1) is 10.6 Å². The Bertz CT molecular complexity index is 850. The van der Waals surface area contributed by atoms with Crippen LogP contribution in [0.4, 0.5) is 0 Å². The third-order valence-corrected chi connectivity index (χ3v) is 5.98. The molecule has 1 amide bonds. The van der Waals surface area contributed by atoms with Gasteiger partial charge in [0.15, 0.2) is 9.84 Å². The van der Waals surface area contributed by atoms with E-state index in [4.69, 9.17) is 0 Å². The molecule has 2 aromatic rings. The quantitative estimate of drug-likeness (QED) is 0.909. The molecule has 0 bridgehead atoms. The van der Waals surface area contributed by atoms with Crippen LogP contribution in [0.3, 0.4) is 0 Å². The number of benzene rings is 2. The van der Waals surface area contributed by atoms with Crippen molar-refractivity contribution in [3.8, 4) is 0 Å². The molecule has 0 radical (unpaired) electrons. The molecule has 1 heterocycles. The van der Waals surface area contributed by atoms with Crippen LogP contribution in [-0.2, 0) is 15.6 Å². The number of sulfone groups is 1. The maximum absolute atomic E-state index is 12.7. The summed E-state index contributed by atoms with van der Waals surface area (Å²) in [6.45, 7) is 4.03. The zero-order chi connectivity index (χ0) is 17.9. The van der Waals surface area contributed by atoms with Crippen LogP contribution < -0.4 is 5.32 Å². The summed E-state index contributed by atoms with van der Waals surface area (Å²) in [4.78, 5) is 14.6. The van der Waals surface area contributed by atoms with E-state index in [0.29, 0.717) is 18.7 Å². The number of nitrogens with one attached hydrogen (secondary N) is 1. The van der Waals surface area contributed by atoms with Gasteiger partial charge < -0.3 is 10.2 Å². The normalized spacial score (nSPS) is 18.1. The molecule has 1 fully saturated rings. The zero-order valence-corrected chi connectivity index (χ0v) is 15.0. The molecule has 2 aromatic carbocycles. The van der Waals surface area contributed by atoms with E-state index in [1.165, 1.54) is 6.07 Å². The average molecular weight is 358 g/mol. The predicted octanol–water partition coefficient (Wildman–Crippen LogP) is 2.09. The largest absolute Gasteiger partial charge is 0.336 e. The summed E-state index contributed by atoms with van der Waals surface area (Å²) < 4.78 is 25.3. The van der Waals surface area contributed by atoms with Crippen molar-refractivity contribution >= 4 is 15.7 Å². The summed E-state index contributed by atoms with van der Waals surface area (Å²) in [6, 6.07) is 15.7. The number of nitrogens with zero attached hydrogens (tertiary/aromatic N) is 1. The van der Waals surface area contributed by atoms with E-state index in [2.05, 4.69) is 5.32 Å². The number of piperazine rings is 1. The fraction of sp³-hybridized carbons (Fsp3) is 0.316. The van der Waals surface area contributed by atoms with Gasteiger partial charge in [-0.15, -0.1) is 0 Å². The summed E-state index contributed by atoms with van der Waals surface area (Å²) in [5, 5.41) is 3.29. The molecule has 25 heavy (non-hydrogen) atoms. The highest BCUT2D eigenvalue weighted by atomic mass is 32.2. The lowest BCUT2D eigenvalue weighted by atomic mass is 10.1. The van der Waals surface area contributed by atoms with Crippen molar-refractivity contribution < 1.29 is 13.2 Å². The number of rotatable bonds is 4. The molecule has 0 spiro atoms. The number of hydrogen-bond donors (Lipinski definition) is 1. The lowest BCUT2D eigenvalue weighted by Crippen LogP contribution is -2.51. The van der Waals surface area contributed by atoms with Crippen LogP contribution in [0.1, 0.15) is 22.8 Å². The number of amides is 1. The summed E-state index contributed by atoms with van der Waals surface area (Å²) in [7, 11) is -3.49. The molecule has 3 rings (SSSR count). The van der Waals surface area contributed by atoms with Crippen LogP contribution in [-0.4, -0.2) is 44.9 Å². The monoisotopic (exact) mass is 358 g/mol. The lowest BCUT2D eigenvalue weighted by Gasteiger charge is -2.32. The Balaban J connectivity index is 1.82. The first kappa shape index (κ1) is 17.6. The molecule has 6 heteroatoms. The van der Waals surface area contributed by atoms with Gasteiger partial charge in [0.2, 0.25) is 0 Å². The number of carbonyl (C=O) groups excluding carboxylic acids is 1. The highest BCUT2D eigenvalue weighted by Gasteiger charge is 2.23. The van der Waals surface area contributed by atoms with Gasteiger partial charge in [-0.05, 0) is 30.7 Å². The molecule has 5 nitrogen and oxygen atoms in total. The second-order valence-electron chi connectivity index (χ2n) is 6.38. The van der Waals surface area contributed by atoms with Crippen molar-refractivity contribution in [3.63, 3.8) is 0 Å². The molecule has 1 atom stereocenters. The van der Waals surface area contributed by atoms with Gasteiger partial charge in [-0.2, -0.15) is 0 Å². The van der Waals surface area contributed by atoms with Crippen LogP contribution in [0.2, 0.25) is 0 Å². The first-order valence-corrected chi connectivity index (χ1v) is 10.0. The molecular weight excluding hydrogens is 336 g/mol. The Labute approximate surface area is 148 Å². The maximum Gasteiger partial charge on any atom is 0.253 e. The summed E-state index contributed by atoms with van der Waals surface area (Å²) >= 11 is 0. The molecule has 1 unspecified atom stereocenters. The van der Waals surface area contributed by atoms with Crippen LogP contribution in [0.15, 0.2) is 59.5 Å². The Morgan fingerprint density at radius 2 is 1.92 bits per heavy atom. The topological polar surface area (TPSA) is 66.5 Å². The molecule has 1 N–H and O–H groups in total. The molecule has 132 valence electrons. The van der Waals surface area contributed by atoms with Crippen LogP contribution in [0.5, 0.6) is 0 Å². The summed E-state index contributed by atoms with van der Waals surface area (Å²) in [5.41, 5.74) is 1.15. The first-order chi connectivity index (χ1) is 12.0. The van der Waals surface area contributed by atoms with Crippen molar-refractivity contribution in [2.45, 2.75) is 23.6 Å². The van der Waals surface area contributed by atoms with Gasteiger partial charge in [-0.1, -0.05) is 36.4 Å². The smallest absolute Gasteiger partial charge is 0.253 e. The summed E-state index contributed by atoms with van der Waals surface area (Å²) in [6.07, 6.45) is 0. The minimum atomic E-state index is -3.49. The third-order valence-electron chi connectivity index (χ3n) is 4.30. The van der Waals surface area contributed by atoms with Gasteiger partial charge in [-0.25, -0.2) is 8.42 Å². The average Bonchev–Trinajstić information content (AvgIpc) is 2.62. The van der Waals surface area contributed by atoms with Crippen molar-refractivity contribution in [1.29, 1.82) is 0 Å². The number of carbonyl (C=O) groups is 1. The SMILES string of the molecule is CC1CN(C(=O)c2cccc(S(=O)(=O)Cc3ccccc3)c2)CCN1. The van der Waals surface area contributed by atoms with Crippen LogP contribution in [0, 0.1) is 0 Å². The maximum atomic E-state index is 12.7. The highest BCUT2D eigenvalue weighted by molar-refractivity contribution is 7.90. The fourth-order valence-electron chi connectivity index (χ4n) is 3.00. The van der Waals surface area contributed by atoms with E-state index in [-0.39, 0.29) is 22.6 Å². The van der Waals surface area contributed by atoms with Crippen molar-refractivity contribution in [1.82, 2.24) is 10.2 Å². The van der Waals surface area contributed by atoms with Crippen molar-refractivity contribution in [2.24, 2.45) is 0 Å². The highest BCUT2D eigenvalue weighted by Crippen LogP contribution is 2.19. The molecule has 1 aliphatic heterocycles. The zero-order valence-electron chi connectivity index (χ0n) is 14.2. The standard InChI is InChI=1S/C19H22N2O3S/c1-15-13-21(11-10-20-15)19(22)17-8-5-9-18(12-17)25(23,24)14-16-6-3-2-4-7-16/h2-9,12,15,20H,10-11,13-14H2,1H3. The second kappa shape index (κ2) is 7.37. The van der Waals surface area contributed by atoms with Gasteiger partial charge in [0.25, 0.3) is 5.91 Å². The van der Waals surface area contributed by atoms with E-state index in [9.17, 15) is 13.2 Å². The van der Waals surface area contributed by atoms with E-state index in [0.717, 1.165) is 12.1 Å². The Morgan fingerprint density at radius 3 is 2.64 bits per heavy atom. The van der Waals surface area contributed by atoms with Crippen LogP contribution >= 0.6 is 0 Å². The lowest BCUT2D eigenvalue weighted by molar-refractivity contribution is 0.0709. The van der Waals surface area contributed by atoms with Gasteiger partial charge >= 0.3 is 0 Å². The van der Waals surface area contributed by atoms with Gasteiger partial charge in [0.1, 0.15) is 0 Å². The molecular formula is C19H22N2O3S. The Kier molecular flexibility index (Phi) is 5.20. The van der Waals surface area contributed by atoms with E-state index < -0.39 is 9.84 Å². The minimum Gasteiger partial charge on any atom is -0.336 e. The molecule has 1 saturated heterocycles. The molecule has 0 saturated carbocycles. The van der Waals surface area contributed by atoms with Gasteiger partial charge in [0, 0.05) is 31.2 Å². The molecule has 1 aliphatic rings. The molecule has 0 aliphatic carbocycles. The molecule has 0 aromatic heterocycles. The van der Waals surface area contributed by atoms with E-state index in [1.807, 2.05) is 25.1 Å². The third kappa shape index (κ3) is 4.27. The van der Waals surface area contributed by atoms with Crippen molar-refractivity contribution in [2.75, 3.05) is 19.6 Å². The van der Waals surface area contributed by atoms with E-state index in [1.54, 1.807) is 35.2 Å². The van der Waals surface area contributed by atoms with Crippen molar-refractivity contribution in [3.05, 3.63) is 65.7 Å². The first-order valence-electron chi connectivity index (χ1n) is 8.35. The Hall–Kier alpha value is -2.18. The number of hydrogen-bond acceptors (Lipinski definition) is 4. The summed E-state index contributed by atoms with van der Waals surface area (Å²) in [5.74, 6) is -0.194.